The molecule has 2 aromatic heterocycles. The smallest absolute Gasteiger partial charge is 0.135 e. The summed E-state index contributed by atoms with van der Waals surface area (Å²) in [5.41, 5.74) is 13.4. The monoisotopic (exact) mass is 702 g/mol. The third-order valence-electron chi connectivity index (χ3n) is 11.0. The molecule has 258 valence electrons. The van der Waals surface area contributed by atoms with E-state index in [0.717, 1.165) is 44.6 Å². The third-order valence-corrected chi connectivity index (χ3v) is 11.0. The molecule has 0 radical (unpaired) electrons. The van der Waals surface area contributed by atoms with Gasteiger partial charge in [-0.25, -0.2) is 0 Å². The summed E-state index contributed by atoms with van der Waals surface area (Å²) in [6.07, 6.45) is 0. The van der Waals surface area contributed by atoms with Crippen molar-refractivity contribution in [2.75, 3.05) is 4.90 Å². The number of furan rings is 1. The Balaban J connectivity index is 0.958. The van der Waals surface area contributed by atoms with Crippen LogP contribution in [0.1, 0.15) is 0 Å². The maximum atomic E-state index is 6.09. The first-order valence-corrected chi connectivity index (χ1v) is 18.8. The fourth-order valence-corrected chi connectivity index (χ4v) is 8.35. The molecule has 0 atom stereocenters. The largest absolute Gasteiger partial charge is 0.456 e. The van der Waals surface area contributed by atoms with Crippen molar-refractivity contribution in [3.63, 3.8) is 0 Å². The average molecular weight is 703 g/mol. The summed E-state index contributed by atoms with van der Waals surface area (Å²) in [7, 11) is 0. The quantitative estimate of drug-likeness (QED) is 0.172. The van der Waals surface area contributed by atoms with Gasteiger partial charge in [-0.05, 0) is 107 Å². The minimum Gasteiger partial charge on any atom is -0.456 e. The highest BCUT2D eigenvalue weighted by molar-refractivity contribution is 6.12. The number of hydrogen-bond donors (Lipinski definition) is 0. The zero-order chi connectivity index (χ0) is 36.3. The lowest BCUT2D eigenvalue weighted by atomic mass is 10.0. The first-order valence-electron chi connectivity index (χ1n) is 18.8. The van der Waals surface area contributed by atoms with Gasteiger partial charge in [-0.2, -0.15) is 0 Å². The summed E-state index contributed by atoms with van der Waals surface area (Å²) in [5.74, 6) is 0. The highest BCUT2D eigenvalue weighted by atomic mass is 16.3. The van der Waals surface area contributed by atoms with Gasteiger partial charge in [0, 0.05) is 44.0 Å². The van der Waals surface area contributed by atoms with Gasteiger partial charge in [-0.15, -0.1) is 0 Å². The van der Waals surface area contributed by atoms with E-state index in [2.05, 4.69) is 204 Å². The second-order valence-electron chi connectivity index (χ2n) is 14.2. The van der Waals surface area contributed by atoms with Crippen LogP contribution in [0.5, 0.6) is 0 Å². The summed E-state index contributed by atoms with van der Waals surface area (Å²) < 4.78 is 8.50. The molecule has 0 fully saturated rings. The lowest BCUT2D eigenvalue weighted by molar-refractivity contribution is 0.669. The molecule has 55 heavy (non-hydrogen) atoms. The molecular weight excluding hydrogens is 669 g/mol. The van der Waals surface area contributed by atoms with E-state index in [1.165, 1.54) is 55.0 Å². The minimum atomic E-state index is 0.910. The van der Waals surface area contributed by atoms with Crippen LogP contribution in [0, 0.1) is 0 Å². The van der Waals surface area contributed by atoms with Crippen molar-refractivity contribution in [3.05, 3.63) is 206 Å². The zero-order valence-electron chi connectivity index (χ0n) is 29.9. The Labute approximate surface area is 318 Å². The van der Waals surface area contributed by atoms with Crippen LogP contribution in [-0.2, 0) is 0 Å². The number of para-hydroxylation sites is 3. The molecule has 0 aliphatic rings. The lowest BCUT2D eigenvalue weighted by Gasteiger charge is -2.26. The van der Waals surface area contributed by atoms with Crippen molar-refractivity contribution in [1.29, 1.82) is 0 Å². The summed E-state index contributed by atoms with van der Waals surface area (Å²) in [4.78, 5) is 2.32. The van der Waals surface area contributed by atoms with E-state index in [4.69, 9.17) is 4.42 Å². The molecule has 0 amide bonds. The van der Waals surface area contributed by atoms with Crippen LogP contribution in [0.4, 0.5) is 17.1 Å². The van der Waals surface area contributed by atoms with Crippen LogP contribution in [0.25, 0.3) is 82.5 Å². The molecule has 11 aromatic rings. The first kappa shape index (κ1) is 31.2. The molecule has 0 aliphatic carbocycles. The van der Waals surface area contributed by atoms with E-state index in [9.17, 15) is 0 Å². The van der Waals surface area contributed by atoms with E-state index in [0.29, 0.717) is 0 Å². The predicted octanol–water partition coefficient (Wildman–Crippen LogP) is 14.6. The van der Waals surface area contributed by atoms with Crippen LogP contribution in [0.2, 0.25) is 0 Å². The van der Waals surface area contributed by atoms with Crippen LogP contribution >= 0.6 is 0 Å². The molecule has 0 N–H and O–H groups in total. The summed E-state index contributed by atoms with van der Waals surface area (Å²) in [6, 6.07) is 74.0. The Kier molecular flexibility index (Phi) is 7.17. The topological polar surface area (TPSA) is 21.3 Å². The van der Waals surface area contributed by atoms with Gasteiger partial charge in [-0.3, -0.25) is 0 Å². The van der Waals surface area contributed by atoms with Gasteiger partial charge in [-0.1, -0.05) is 127 Å². The molecule has 9 aromatic carbocycles. The van der Waals surface area contributed by atoms with Crippen molar-refractivity contribution in [3.8, 4) is 27.9 Å². The molecule has 0 aliphatic heterocycles. The molecule has 3 nitrogen and oxygen atoms in total. The number of anilines is 3. The van der Waals surface area contributed by atoms with Gasteiger partial charge in [0.2, 0.25) is 0 Å². The Hall–Kier alpha value is -7.36. The molecular formula is C52H34N2O. The van der Waals surface area contributed by atoms with E-state index in [1.54, 1.807) is 0 Å². The maximum Gasteiger partial charge on any atom is 0.135 e. The molecule has 3 heteroatoms. The Morgan fingerprint density at radius 3 is 1.62 bits per heavy atom. The van der Waals surface area contributed by atoms with Gasteiger partial charge >= 0.3 is 0 Å². The maximum absolute atomic E-state index is 6.09. The summed E-state index contributed by atoms with van der Waals surface area (Å²) >= 11 is 0. The van der Waals surface area contributed by atoms with E-state index >= 15 is 0 Å². The Bertz CT molecular complexity index is 3180. The SMILES string of the molecule is c1ccc(N(c2ccc(-c3ccc4oc5ccccc5c4c3)cc2)c2ccc(-c3ccc4c(c3)c3ccccc3n4-c3cccc4ccccc34)cc2)cc1. The van der Waals surface area contributed by atoms with Crippen LogP contribution < -0.4 is 4.90 Å². The second-order valence-corrected chi connectivity index (χ2v) is 14.2. The molecule has 0 bridgehead atoms. The summed E-state index contributed by atoms with van der Waals surface area (Å²) in [5, 5.41) is 7.26. The van der Waals surface area contributed by atoms with Crippen LogP contribution in [0.15, 0.2) is 211 Å². The van der Waals surface area contributed by atoms with Crippen LogP contribution in [0.3, 0.4) is 0 Å². The average Bonchev–Trinajstić information content (AvgIpc) is 3.79. The van der Waals surface area contributed by atoms with Crippen molar-refractivity contribution in [2.45, 2.75) is 0 Å². The van der Waals surface area contributed by atoms with Gasteiger partial charge in [0.05, 0.1) is 16.7 Å². The number of nitrogens with zero attached hydrogens (tertiary/aromatic N) is 2. The Morgan fingerprint density at radius 1 is 0.327 bits per heavy atom. The first-order chi connectivity index (χ1) is 27.3. The summed E-state index contributed by atoms with van der Waals surface area (Å²) in [6.45, 7) is 0. The van der Waals surface area contributed by atoms with Crippen molar-refractivity contribution in [2.24, 2.45) is 0 Å². The molecule has 0 saturated carbocycles. The molecule has 2 heterocycles. The standard InChI is InChI=1S/C52H34N2O/c1-2-13-40(14-3-1)53(42-29-23-36(24-30-42)39-26-32-52-47(34-39)45-17-7-9-20-51(45)55-52)41-27-21-35(22-28-41)38-25-31-50-46(33-38)44-16-6-8-18-49(44)54(50)48-19-10-12-37-11-4-5-15-43(37)48/h1-34H. The van der Waals surface area contributed by atoms with Gasteiger partial charge < -0.3 is 13.9 Å². The fourth-order valence-electron chi connectivity index (χ4n) is 8.35. The normalized spacial score (nSPS) is 11.6. The van der Waals surface area contributed by atoms with Crippen molar-refractivity contribution in [1.82, 2.24) is 4.57 Å². The number of fused-ring (bicyclic) bond motifs is 7. The van der Waals surface area contributed by atoms with Crippen LogP contribution in [-0.4, -0.2) is 4.57 Å². The minimum absolute atomic E-state index is 0.910. The highest BCUT2D eigenvalue weighted by Crippen LogP contribution is 2.40. The van der Waals surface area contributed by atoms with E-state index in [-0.39, 0.29) is 0 Å². The number of rotatable bonds is 6. The molecule has 0 saturated heterocycles. The number of benzene rings is 9. The predicted molar refractivity (Wildman–Crippen MR) is 231 cm³/mol. The Morgan fingerprint density at radius 2 is 0.855 bits per heavy atom. The fraction of sp³-hybridized carbons (Fsp3) is 0. The third kappa shape index (κ3) is 5.20. The lowest BCUT2D eigenvalue weighted by Crippen LogP contribution is -2.09. The van der Waals surface area contributed by atoms with Gasteiger partial charge in [0.15, 0.2) is 0 Å². The number of aromatic nitrogens is 1. The van der Waals surface area contributed by atoms with Crippen molar-refractivity contribution >= 4 is 71.6 Å². The van der Waals surface area contributed by atoms with Gasteiger partial charge in [0.1, 0.15) is 11.2 Å². The van der Waals surface area contributed by atoms with E-state index in [1.807, 2.05) is 12.1 Å². The van der Waals surface area contributed by atoms with Crippen molar-refractivity contribution < 1.29 is 4.42 Å². The highest BCUT2D eigenvalue weighted by Gasteiger charge is 2.17. The van der Waals surface area contributed by atoms with E-state index < -0.39 is 0 Å². The molecule has 11 rings (SSSR count). The molecule has 0 spiro atoms. The van der Waals surface area contributed by atoms with Gasteiger partial charge in [0.25, 0.3) is 0 Å². The zero-order valence-corrected chi connectivity index (χ0v) is 29.9. The number of hydrogen-bond acceptors (Lipinski definition) is 2. The molecule has 0 unspecified atom stereocenters. The second kappa shape index (κ2) is 12.6.